The van der Waals surface area contributed by atoms with Crippen LogP contribution in [0.5, 0.6) is 5.75 Å². The highest BCUT2D eigenvalue weighted by atomic mass is 35.5. The van der Waals surface area contributed by atoms with Crippen molar-refractivity contribution in [3.8, 4) is 5.75 Å². The van der Waals surface area contributed by atoms with Crippen molar-refractivity contribution in [2.45, 2.75) is 32.6 Å². The van der Waals surface area contributed by atoms with Crippen molar-refractivity contribution in [1.29, 1.82) is 0 Å². The van der Waals surface area contributed by atoms with Crippen molar-refractivity contribution in [2.24, 2.45) is 0 Å². The molecule has 1 fully saturated rings. The number of phenols is 1. The third kappa shape index (κ3) is 6.67. The summed E-state index contributed by atoms with van der Waals surface area (Å²) in [5.41, 5.74) is 2.86. The summed E-state index contributed by atoms with van der Waals surface area (Å²) in [4.78, 5) is 23.1. The smallest absolute Gasteiger partial charge is 0.240 e. The predicted octanol–water partition coefficient (Wildman–Crippen LogP) is 5.80. The number of rotatable bonds is 6. The maximum absolute atomic E-state index is 12.8. The maximum Gasteiger partial charge on any atom is 0.240 e. The van der Waals surface area contributed by atoms with Gasteiger partial charge in [0.15, 0.2) is 5.13 Å². The Morgan fingerprint density at radius 2 is 1.77 bits per heavy atom. The van der Waals surface area contributed by atoms with Crippen LogP contribution >= 0.6 is 34.5 Å². The molecule has 0 aliphatic carbocycles. The van der Waals surface area contributed by atoms with Crippen molar-refractivity contribution < 1.29 is 9.90 Å². The molecule has 1 saturated heterocycles. The fraction of sp³-hybridized carbons (Fsp3) is 0.385. The molecule has 2 heterocycles. The number of aromatic nitrogens is 1. The standard InChI is InChI=1S/C26H30Cl2N4O2S/c1-26(2,3)24-22(14-17-4-5-18(27)15-21(17)28)35-25(30-24)29-23(34)16-31-10-12-32(13-11-31)19-6-8-20(33)9-7-19/h4-9,15,33H,10-14,16H2,1-3H3,(H,29,30,34). The highest BCUT2D eigenvalue weighted by Gasteiger charge is 2.25. The van der Waals surface area contributed by atoms with Crippen molar-refractivity contribution in [3.05, 3.63) is 68.6 Å². The van der Waals surface area contributed by atoms with E-state index in [9.17, 15) is 9.90 Å². The molecule has 0 radical (unpaired) electrons. The Hall–Kier alpha value is -2.32. The van der Waals surface area contributed by atoms with E-state index in [2.05, 4.69) is 35.9 Å². The lowest BCUT2D eigenvalue weighted by molar-refractivity contribution is -0.117. The largest absolute Gasteiger partial charge is 0.508 e. The zero-order valence-corrected chi connectivity index (χ0v) is 22.5. The second-order valence-electron chi connectivity index (χ2n) is 9.78. The molecule has 2 N–H and O–H groups in total. The molecule has 0 saturated carbocycles. The van der Waals surface area contributed by atoms with Crippen LogP contribution in [0.15, 0.2) is 42.5 Å². The first kappa shape index (κ1) is 25.8. The Labute approximate surface area is 220 Å². The van der Waals surface area contributed by atoms with Crippen LogP contribution in [0, 0.1) is 0 Å². The Balaban J connectivity index is 1.38. The third-order valence-corrected chi connectivity index (χ3v) is 7.53. The molecule has 0 spiro atoms. The molecule has 0 unspecified atom stereocenters. The lowest BCUT2D eigenvalue weighted by atomic mass is 9.90. The van der Waals surface area contributed by atoms with E-state index < -0.39 is 0 Å². The summed E-state index contributed by atoms with van der Waals surface area (Å²) in [7, 11) is 0. The summed E-state index contributed by atoms with van der Waals surface area (Å²) in [6.45, 7) is 9.92. The molecule has 2 aromatic carbocycles. The van der Waals surface area contributed by atoms with Crippen molar-refractivity contribution >= 4 is 51.3 Å². The van der Waals surface area contributed by atoms with E-state index in [0.29, 0.717) is 28.1 Å². The molecular weight excluding hydrogens is 503 g/mol. The minimum atomic E-state index is -0.168. The zero-order valence-electron chi connectivity index (χ0n) is 20.1. The highest BCUT2D eigenvalue weighted by Crippen LogP contribution is 2.35. The van der Waals surface area contributed by atoms with E-state index in [-0.39, 0.29) is 17.1 Å². The zero-order chi connectivity index (χ0) is 25.2. The van der Waals surface area contributed by atoms with Crippen molar-refractivity contribution in [3.63, 3.8) is 0 Å². The van der Waals surface area contributed by atoms with Crippen LogP contribution in [-0.2, 0) is 16.6 Å². The van der Waals surface area contributed by atoms with Gasteiger partial charge in [0.1, 0.15) is 5.75 Å². The van der Waals surface area contributed by atoms with Crippen molar-refractivity contribution in [2.75, 3.05) is 42.9 Å². The Morgan fingerprint density at radius 3 is 2.40 bits per heavy atom. The quantitative estimate of drug-likeness (QED) is 0.419. The number of carbonyl (C=O) groups excluding carboxylic acids is 1. The average Bonchev–Trinajstić information content (AvgIpc) is 3.19. The molecule has 9 heteroatoms. The molecule has 35 heavy (non-hydrogen) atoms. The van der Waals surface area contributed by atoms with Crippen LogP contribution in [0.25, 0.3) is 0 Å². The van der Waals surface area contributed by atoms with Crippen molar-refractivity contribution in [1.82, 2.24) is 9.88 Å². The number of halogens is 2. The monoisotopic (exact) mass is 532 g/mol. The summed E-state index contributed by atoms with van der Waals surface area (Å²) < 4.78 is 0. The van der Waals surface area contributed by atoms with Gasteiger partial charge in [-0.05, 0) is 42.0 Å². The first-order valence-corrected chi connectivity index (χ1v) is 13.2. The second-order valence-corrected chi connectivity index (χ2v) is 11.7. The van der Waals surface area contributed by atoms with E-state index in [1.54, 1.807) is 18.2 Å². The van der Waals surface area contributed by atoms with Gasteiger partial charge in [0.25, 0.3) is 0 Å². The van der Waals surface area contributed by atoms with Gasteiger partial charge in [-0.15, -0.1) is 11.3 Å². The van der Waals surface area contributed by atoms with Gasteiger partial charge in [0, 0.05) is 58.6 Å². The van der Waals surface area contributed by atoms with Crippen LogP contribution in [0.1, 0.15) is 36.9 Å². The van der Waals surface area contributed by atoms with Crippen LogP contribution in [0.3, 0.4) is 0 Å². The molecule has 3 aromatic rings. The number of hydrogen-bond donors (Lipinski definition) is 2. The van der Waals surface area contributed by atoms with Gasteiger partial charge in [-0.2, -0.15) is 0 Å². The van der Waals surface area contributed by atoms with Gasteiger partial charge in [0.05, 0.1) is 12.2 Å². The first-order valence-electron chi connectivity index (χ1n) is 11.6. The van der Waals surface area contributed by atoms with Gasteiger partial charge in [-0.3, -0.25) is 9.69 Å². The summed E-state index contributed by atoms with van der Waals surface area (Å²) in [6, 6.07) is 12.8. The number of phenolic OH excluding ortho intramolecular Hbond substituents is 1. The van der Waals surface area contributed by atoms with Crippen LogP contribution in [-0.4, -0.2) is 53.6 Å². The number of nitrogens with zero attached hydrogens (tertiary/aromatic N) is 3. The summed E-state index contributed by atoms with van der Waals surface area (Å²) >= 11 is 14.0. The number of amides is 1. The van der Waals surface area contributed by atoms with E-state index in [1.807, 2.05) is 24.3 Å². The lowest BCUT2D eigenvalue weighted by Gasteiger charge is -2.35. The first-order chi connectivity index (χ1) is 16.6. The number of benzene rings is 2. The highest BCUT2D eigenvalue weighted by molar-refractivity contribution is 7.15. The predicted molar refractivity (Wildman–Crippen MR) is 145 cm³/mol. The molecule has 1 aliphatic rings. The van der Waals surface area contributed by atoms with Gasteiger partial charge in [0.2, 0.25) is 5.91 Å². The molecule has 1 amide bonds. The number of piperazine rings is 1. The van der Waals surface area contributed by atoms with Crippen LogP contribution in [0.4, 0.5) is 10.8 Å². The normalized spacial score (nSPS) is 14.8. The van der Waals surface area contributed by atoms with Gasteiger partial charge < -0.3 is 15.3 Å². The fourth-order valence-corrected chi connectivity index (χ4v) is 5.83. The molecule has 1 aromatic heterocycles. The summed E-state index contributed by atoms with van der Waals surface area (Å²) in [5.74, 6) is 0.202. The molecule has 1 aliphatic heterocycles. The summed E-state index contributed by atoms with van der Waals surface area (Å²) in [6.07, 6.45) is 0.634. The van der Waals surface area contributed by atoms with Gasteiger partial charge >= 0.3 is 0 Å². The molecule has 0 atom stereocenters. The number of nitrogens with one attached hydrogen (secondary N) is 1. The van der Waals surface area contributed by atoms with Gasteiger partial charge in [-0.25, -0.2) is 4.98 Å². The molecular formula is C26H30Cl2N4O2S. The van der Waals surface area contributed by atoms with Gasteiger partial charge in [-0.1, -0.05) is 50.0 Å². The SMILES string of the molecule is CC(C)(C)c1nc(NC(=O)CN2CCN(c3ccc(O)cc3)CC2)sc1Cc1ccc(Cl)cc1Cl. The number of thiazole rings is 1. The molecule has 186 valence electrons. The Kier molecular flexibility index (Phi) is 7.91. The fourth-order valence-electron chi connectivity index (χ4n) is 4.14. The van der Waals surface area contributed by atoms with E-state index in [1.165, 1.54) is 11.3 Å². The maximum atomic E-state index is 12.8. The minimum absolute atomic E-state index is 0.0617. The minimum Gasteiger partial charge on any atom is -0.508 e. The third-order valence-electron chi connectivity index (χ3n) is 5.97. The molecule has 6 nitrogen and oxygen atoms in total. The number of carbonyl (C=O) groups is 1. The number of hydrogen-bond acceptors (Lipinski definition) is 6. The Morgan fingerprint density at radius 1 is 1.09 bits per heavy atom. The van der Waals surface area contributed by atoms with E-state index >= 15 is 0 Å². The Bertz CT molecular complexity index is 1180. The second kappa shape index (κ2) is 10.7. The number of aromatic hydroxyl groups is 1. The van der Waals surface area contributed by atoms with Crippen LogP contribution in [0.2, 0.25) is 10.0 Å². The van der Waals surface area contributed by atoms with E-state index in [4.69, 9.17) is 28.2 Å². The topological polar surface area (TPSA) is 68.7 Å². The molecule has 0 bridgehead atoms. The molecule has 4 rings (SSSR count). The summed E-state index contributed by atoms with van der Waals surface area (Å²) in [5, 5.41) is 14.4. The van der Waals surface area contributed by atoms with Crippen LogP contribution < -0.4 is 10.2 Å². The average molecular weight is 534 g/mol. The van der Waals surface area contributed by atoms with E-state index in [0.717, 1.165) is 48.0 Å². The lowest BCUT2D eigenvalue weighted by Crippen LogP contribution is -2.48. The number of anilines is 2.